The SMILES string of the molecule is COc1ccc2c(c1)sc(=NC(=O)c1ccc(C(C)(C)C)cc1)n2CCSC. The number of aromatic nitrogens is 1. The number of nitrogens with zero attached hydrogens (tertiary/aromatic N) is 2. The first-order valence-electron chi connectivity index (χ1n) is 9.19. The van der Waals surface area contributed by atoms with Crippen LogP contribution >= 0.6 is 23.1 Å². The standard InChI is InChI=1S/C22H26N2O2S2/c1-22(2,3)16-8-6-15(7-9-16)20(25)23-21-24(12-13-27-5)18-11-10-17(26-4)14-19(18)28-21/h6-11,14H,12-13H2,1-5H3. The summed E-state index contributed by atoms with van der Waals surface area (Å²) < 4.78 is 8.52. The van der Waals surface area contributed by atoms with Gasteiger partial charge in [-0.3, -0.25) is 4.79 Å². The van der Waals surface area contributed by atoms with Crippen molar-refractivity contribution in [3.8, 4) is 5.75 Å². The molecule has 6 heteroatoms. The van der Waals surface area contributed by atoms with Crippen LogP contribution in [-0.2, 0) is 12.0 Å². The van der Waals surface area contributed by atoms with Gasteiger partial charge in [-0.15, -0.1) is 0 Å². The number of thiazole rings is 1. The molecule has 0 aliphatic rings. The molecule has 0 bridgehead atoms. The van der Waals surface area contributed by atoms with Gasteiger partial charge in [-0.2, -0.15) is 16.8 Å². The second-order valence-electron chi connectivity index (χ2n) is 7.61. The van der Waals surface area contributed by atoms with Crippen LogP contribution in [-0.4, -0.2) is 29.6 Å². The Morgan fingerprint density at radius 2 is 1.89 bits per heavy atom. The molecule has 1 amide bonds. The highest BCUT2D eigenvalue weighted by Crippen LogP contribution is 2.24. The molecule has 2 aromatic carbocycles. The lowest BCUT2D eigenvalue weighted by atomic mass is 9.87. The molecule has 0 saturated heterocycles. The zero-order valence-electron chi connectivity index (χ0n) is 17.0. The summed E-state index contributed by atoms with van der Waals surface area (Å²) in [6, 6.07) is 13.7. The monoisotopic (exact) mass is 414 g/mol. The van der Waals surface area contributed by atoms with Gasteiger partial charge in [-0.05, 0) is 47.6 Å². The molecule has 0 unspecified atom stereocenters. The topological polar surface area (TPSA) is 43.6 Å². The van der Waals surface area contributed by atoms with Crippen LogP contribution in [0.1, 0.15) is 36.7 Å². The van der Waals surface area contributed by atoms with Gasteiger partial charge in [0.15, 0.2) is 4.80 Å². The van der Waals surface area contributed by atoms with Gasteiger partial charge in [0, 0.05) is 17.9 Å². The molecule has 0 saturated carbocycles. The molecule has 0 fully saturated rings. The van der Waals surface area contributed by atoms with E-state index < -0.39 is 0 Å². The lowest BCUT2D eigenvalue weighted by Crippen LogP contribution is -2.18. The fraction of sp³-hybridized carbons (Fsp3) is 0.364. The predicted octanol–water partition coefficient (Wildman–Crippen LogP) is 5.11. The van der Waals surface area contributed by atoms with Gasteiger partial charge in [-0.25, -0.2) is 0 Å². The summed E-state index contributed by atoms with van der Waals surface area (Å²) in [5, 5.41) is 0. The molecular weight excluding hydrogens is 388 g/mol. The van der Waals surface area contributed by atoms with Crippen LogP contribution in [0.5, 0.6) is 5.75 Å². The maximum atomic E-state index is 12.8. The maximum Gasteiger partial charge on any atom is 0.279 e. The molecule has 0 spiro atoms. The first-order chi connectivity index (χ1) is 13.3. The number of aryl methyl sites for hydroxylation is 1. The first kappa shape index (κ1) is 20.7. The Bertz CT molecular complexity index is 1040. The lowest BCUT2D eigenvalue weighted by molar-refractivity contribution is 0.0998. The second-order valence-corrected chi connectivity index (χ2v) is 9.60. The number of hydrogen-bond donors (Lipinski definition) is 0. The van der Waals surface area contributed by atoms with E-state index in [0.717, 1.165) is 33.1 Å². The maximum absolute atomic E-state index is 12.8. The van der Waals surface area contributed by atoms with Gasteiger partial charge < -0.3 is 9.30 Å². The highest BCUT2D eigenvalue weighted by molar-refractivity contribution is 7.98. The average Bonchev–Trinajstić information content (AvgIpc) is 3.01. The lowest BCUT2D eigenvalue weighted by Gasteiger charge is -2.18. The number of thioether (sulfide) groups is 1. The zero-order chi connectivity index (χ0) is 20.3. The number of carbonyl (C=O) groups excluding carboxylic acids is 1. The molecule has 1 heterocycles. The van der Waals surface area contributed by atoms with Gasteiger partial charge in [0.2, 0.25) is 0 Å². The van der Waals surface area contributed by atoms with Gasteiger partial charge in [0.25, 0.3) is 5.91 Å². The second kappa shape index (κ2) is 8.53. The molecule has 0 radical (unpaired) electrons. The van der Waals surface area contributed by atoms with Gasteiger partial charge >= 0.3 is 0 Å². The number of amides is 1. The van der Waals surface area contributed by atoms with E-state index in [9.17, 15) is 4.79 Å². The van der Waals surface area contributed by atoms with Crippen molar-refractivity contribution in [2.24, 2.45) is 4.99 Å². The van der Waals surface area contributed by atoms with Crippen LogP contribution in [0.4, 0.5) is 0 Å². The summed E-state index contributed by atoms with van der Waals surface area (Å²) >= 11 is 3.30. The Labute approximate surface area is 174 Å². The molecule has 3 rings (SSSR count). The molecule has 148 valence electrons. The summed E-state index contributed by atoms with van der Waals surface area (Å²) in [4.78, 5) is 18.0. The molecule has 0 atom stereocenters. The molecule has 0 N–H and O–H groups in total. The fourth-order valence-electron chi connectivity index (χ4n) is 2.93. The fourth-order valence-corrected chi connectivity index (χ4v) is 4.38. The minimum absolute atomic E-state index is 0.0596. The third kappa shape index (κ3) is 4.50. The van der Waals surface area contributed by atoms with E-state index in [0.29, 0.717) is 5.56 Å². The van der Waals surface area contributed by atoms with Crippen LogP contribution < -0.4 is 9.54 Å². The molecule has 3 aromatic rings. The van der Waals surface area contributed by atoms with Crippen molar-refractivity contribution in [3.63, 3.8) is 0 Å². The van der Waals surface area contributed by atoms with Crippen molar-refractivity contribution in [1.82, 2.24) is 4.57 Å². The van der Waals surface area contributed by atoms with Crippen LogP contribution in [0.25, 0.3) is 10.2 Å². The number of rotatable bonds is 5. The average molecular weight is 415 g/mol. The molecule has 28 heavy (non-hydrogen) atoms. The molecule has 4 nitrogen and oxygen atoms in total. The summed E-state index contributed by atoms with van der Waals surface area (Å²) in [7, 11) is 1.66. The Morgan fingerprint density at radius 1 is 1.18 bits per heavy atom. The highest BCUT2D eigenvalue weighted by atomic mass is 32.2. The molecule has 0 aliphatic carbocycles. The van der Waals surface area contributed by atoms with E-state index in [1.807, 2.05) is 42.5 Å². The Hall–Kier alpha value is -2.05. The van der Waals surface area contributed by atoms with Gasteiger partial charge in [0.1, 0.15) is 5.75 Å². The smallest absolute Gasteiger partial charge is 0.279 e. The Balaban J connectivity index is 2.02. The van der Waals surface area contributed by atoms with Crippen molar-refractivity contribution in [3.05, 3.63) is 58.4 Å². The predicted molar refractivity (Wildman–Crippen MR) is 120 cm³/mol. The highest BCUT2D eigenvalue weighted by Gasteiger charge is 2.15. The van der Waals surface area contributed by atoms with Crippen LogP contribution in [0, 0.1) is 0 Å². The number of hydrogen-bond acceptors (Lipinski definition) is 4. The molecular formula is C22H26N2O2S2. The summed E-state index contributed by atoms with van der Waals surface area (Å²) in [5.41, 5.74) is 2.95. The van der Waals surface area contributed by atoms with E-state index >= 15 is 0 Å². The third-order valence-electron chi connectivity index (χ3n) is 4.60. The zero-order valence-corrected chi connectivity index (χ0v) is 18.6. The number of fused-ring (bicyclic) bond motifs is 1. The molecule has 1 aromatic heterocycles. The van der Waals surface area contributed by atoms with Crippen molar-refractivity contribution >= 4 is 39.2 Å². The van der Waals surface area contributed by atoms with Gasteiger partial charge in [0.05, 0.1) is 17.3 Å². The van der Waals surface area contributed by atoms with Crippen LogP contribution in [0.15, 0.2) is 47.5 Å². The molecule has 0 aliphatic heterocycles. The van der Waals surface area contributed by atoms with E-state index in [1.54, 1.807) is 18.9 Å². The van der Waals surface area contributed by atoms with E-state index in [1.165, 1.54) is 16.9 Å². The normalized spacial score (nSPS) is 12.5. The van der Waals surface area contributed by atoms with Gasteiger partial charge in [-0.1, -0.05) is 44.2 Å². The minimum Gasteiger partial charge on any atom is -0.497 e. The first-order valence-corrected chi connectivity index (χ1v) is 11.4. The van der Waals surface area contributed by atoms with Crippen molar-refractivity contribution in [2.75, 3.05) is 19.1 Å². The minimum atomic E-state index is -0.211. The van der Waals surface area contributed by atoms with E-state index in [4.69, 9.17) is 4.74 Å². The summed E-state index contributed by atoms with van der Waals surface area (Å²) in [5.74, 6) is 1.55. The van der Waals surface area contributed by atoms with Crippen LogP contribution in [0.3, 0.4) is 0 Å². The van der Waals surface area contributed by atoms with Crippen molar-refractivity contribution in [2.45, 2.75) is 32.7 Å². The number of ether oxygens (including phenoxy) is 1. The van der Waals surface area contributed by atoms with Crippen LogP contribution in [0.2, 0.25) is 0 Å². The number of carbonyl (C=O) groups is 1. The largest absolute Gasteiger partial charge is 0.497 e. The number of methoxy groups -OCH3 is 1. The third-order valence-corrected chi connectivity index (χ3v) is 6.24. The summed E-state index contributed by atoms with van der Waals surface area (Å²) in [6.07, 6.45) is 2.08. The summed E-state index contributed by atoms with van der Waals surface area (Å²) in [6.45, 7) is 7.29. The van der Waals surface area contributed by atoms with Crippen molar-refractivity contribution in [1.29, 1.82) is 0 Å². The van der Waals surface area contributed by atoms with E-state index in [-0.39, 0.29) is 11.3 Å². The Kier molecular flexibility index (Phi) is 6.30. The number of benzene rings is 2. The quantitative estimate of drug-likeness (QED) is 0.582. The Morgan fingerprint density at radius 3 is 2.50 bits per heavy atom. The van der Waals surface area contributed by atoms with Crippen molar-refractivity contribution < 1.29 is 9.53 Å². The van der Waals surface area contributed by atoms with E-state index in [2.05, 4.69) is 36.6 Å².